The van der Waals surface area contributed by atoms with Crippen molar-refractivity contribution in [3.05, 3.63) is 53.2 Å². The van der Waals surface area contributed by atoms with Crippen molar-refractivity contribution in [3.8, 4) is 0 Å². The average Bonchev–Trinajstić information content (AvgIpc) is 2.30. The fourth-order valence-electron chi connectivity index (χ4n) is 1.39. The molecule has 15 heavy (non-hydrogen) atoms. The maximum Gasteiger partial charge on any atom is 0.0826 e. The summed E-state index contributed by atoms with van der Waals surface area (Å²) in [4.78, 5) is 1.78. The lowest BCUT2D eigenvalue weighted by molar-refractivity contribution is 0.685. The second-order valence-corrected chi connectivity index (χ2v) is 5.00. The summed E-state index contributed by atoms with van der Waals surface area (Å²) in [5.41, 5.74) is 1.19. The van der Waals surface area contributed by atoms with Gasteiger partial charge in [-0.25, -0.2) is 4.21 Å². The van der Waals surface area contributed by atoms with Gasteiger partial charge in [-0.15, -0.1) is 0 Å². The van der Waals surface area contributed by atoms with Gasteiger partial charge in [-0.05, 0) is 25.3 Å². The van der Waals surface area contributed by atoms with Gasteiger partial charge in [0, 0.05) is 22.4 Å². The molecule has 0 aromatic heterocycles. The summed E-state index contributed by atoms with van der Waals surface area (Å²) < 4.78 is 12.1. The van der Waals surface area contributed by atoms with Gasteiger partial charge < -0.3 is 5.32 Å². The minimum absolute atomic E-state index is 0.757. The Kier molecular flexibility index (Phi) is 3.02. The first-order valence-corrected chi connectivity index (χ1v) is 6.01. The highest BCUT2D eigenvalue weighted by Gasteiger charge is 2.10. The maximum absolute atomic E-state index is 12.1. The lowest BCUT2D eigenvalue weighted by Gasteiger charge is -2.09. The van der Waals surface area contributed by atoms with E-state index in [1.165, 1.54) is 5.56 Å². The summed E-state index contributed by atoms with van der Waals surface area (Å²) in [6.07, 6.45) is 6.40. The molecule has 0 saturated heterocycles. The number of aryl methyl sites for hydroxylation is 1. The van der Waals surface area contributed by atoms with Crippen molar-refractivity contribution in [1.29, 1.82) is 0 Å². The fraction of sp³-hybridized carbons (Fsp3) is 0.167. The lowest BCUT2D eigenvalue weighted by atomic mass is 10.2. The third-order valence-electron chi connectivity index (χ3n) is 2.25. The Hall–Kier alpha value is -1.35. The van der Waals surface area contributed by atoms with E-state index in [0.717, 1.165) is 16.2 Å². The van der Waals surface area contributed by atoms with Crippen LogP contribution in [0, 0.1) is 6.92 Å². The first kappa shape index (κ1) is 10.2. The Morgan fingerprint density at radius 3 is 2.60 bits per heavy atom. The van der Waals surface area contributed by atoms with Crippen molar-refractivity contribution < 1.29 is 4.21 Å². The summed E-state index contributed by atoms with van der Waals surface area (Å²) >= 11 is 0. The van der Waals surface area contributed by atoms with Crippen LogP contribution < -0.4 is 5.32 Å². The van der Waals surface area contributed by atoms with Crippen LogP contribution in [0.3, 0.4) is 0 Å². The van der Waals surface area contributed by atoms with Crippen LogP contribution in [0.2, 0.25) is 0 Å². The van der Waals surface area contributed by atoms with Gasteiger partial charge in [-0.1, -0.05) is 23.8 Å². The number of benzene rings is 1. The molecule has 0 saturated carbocycles. The van der Waals surface area contributed by atoms with Crippen LogP contribution in [0.15, 0.2) is 52.5 Å². The molecule has 78 valence electrons. The molecular formula is C12H13NOS. The average molecular weight is 219 g/mol. The van der Waals surface area contributed by atoms with E-state index in [0.29, 0.717) is 0 Å². The first-order chi connectivity index (χ1) is 7.27. The minimum Gasteiger partial charge on any atom is -0.367 e. The lowest BCUT2D eigenvalue weighted by Crippen LogP contribution is -2.05. The zero-order valence-electron chi connectivity index (χ0n) is 8.57. The minimum atomic E-state index is -1.03. The van der Waals surface area contributed by atoms with Crippen LogP contribution in [0.4, 0.5) is 0 Å². The topological polar surface area (TPSA) is 29.1 Å². The van der Waals surface area contributed by atoms with E-state index in [4.69, 9.17) is 0 Å². The van der Waals surface area contributed by atoms with Gasteiger partial charge in [-0.2, -0.15) is 0 Å². The highest BCUT2D eigenvalue weighted by Crippen LogP contribution is 2.18. The molecule has 1 aliphatic heterocycles. The van der Waals surface area contributed by atoms with Crippen molar-refractivity contribution >= 4 is 10.8 Å². The predicted molar refractivity (Wildman–Crippen MR) is 62.6 cm³/mol. The first-order valence-electron chi connectivity index (χ1n) is 4.86. The van der Waals surface area contributed by atoms with E-state index in [-0.39, 0.29) is 0 Å². The monoisotopic (exact) mass is 219 g/mol. The number of dihydropyridines is 1. The SMILES string of the molecule is Cc1ccc(S(=O)C2=CNC=CC2)cc1. The highest BCUT2D eigenvalue weighted by atomic mass is 32.2. The van der Waals surface area contributed by atoms with Crippen molar-refractivity contribution in [2.24, 2.45) is 0 Å². The van der Waals surface area contributed by atoms with E-state index < -0.39 is 10.8 Å². The molecule has 0 spiro atoms. The predicted octanol–water partition coefficient (Wildman–Crippen LogP) is 2.45. The molecule has 1 atom stereocenters. The molecule has 2 rings (SSSR count). The highest BCUT2D eigenvalue weighted by molar-refractivity contribution is 7.89. The number of allylic oxidation sites excluding steroid dienone is 2. The zero-order valence-corrected chi connectivity index (χ0v) is 9.38. The second kappa shape index (κ2) is 4.45. The smallest absolute Gasteiger partial charge is 0.0826 e. The maximum atomic E-state index is 12.1. The van der Waals surface area contributed by atoms with Gasteiger partial charge in [0.15, 0.2) is 0 Å². The van der Waals surface area contributed by atoms with E-state index in [9.17, 15) is 4.21 Å². The zero-order chi connectivity index (χ0) is 10.7. The summed E-state index contributed by atoms with van der Waals surface area (Å²) in [5.74, 6) is 0. The molecular weight excluding hydrogens is 206 g/mol. The summed E-state index contributed by atoms with van der Waals surface area (Å²) in [6.45, 7) is 2.02. The van der Waals surface area contributed by atoms with Crippen molar-refractivity contribution in [1.82, 2.24) is 5.32 Å². The molecule has 1 unspecified atom stereocenters. The molecule has 0 amide bonds. The van der Waals surface area contributed by atoms with Crippen LogP contribution >= 0.6 is 0 Å². The Labute approximate surface area is 92.2 Å². The molecule has 0 radical (unpaired) electrons. The summed E-state index contributed by atoms with van der Waals surface area (Å²) in [5, 5.41) is 2.96. The van der Waals surface area contributed by atoms with Gasteiger partial charge in [0.2, 0.25) is 0 Å². The van der Waals surface area contributed by atoms with Crippen molar-refractivity contribution in [2.45, 2.75) is 18.2 Å². The van der Waals surface area contributed by atoms with Gasteiger partial charge in [0.05, 0.1) is 10.8 Å². The molecule has 1 N–H and O–H groups in total. The third-order valence-corrected chi connectivity index (χ3v) is 3.71. The number of rotatable bonds is 2. The number of nitrogens with one attached hydrogen (secondary N) is 1. The standard InChI is InChI=1S/C12H13NOS/c1-10-4-6-11(7-5-10)15(14)12-3-2-8-13-9-12/h2,4-9,13H,3H2,1H3. The molecule has 2 nitrogen and oxygen atoms in total. The van der Waals surface area contributed by atoms with Crippen LogP contribution in [0.5, 0.6) is 0 Å². The molecule has 0 fully saturated rings. The van der Waals surface area contributed by atoms with E-state index in [1.807, 2.05) is 49.7 Å². The molecule has 0 aliphatic carbocycles. The molecule has 1 aromatic rings. The van der Waals surface area contributed by atoms with Crippen LogP contribution in [-0.4, -0.2) is 4.21 Å². The van der Waals surface area contributed by atoms with Gasteiger partial charge in [-0.3, -0.25) is 0 Å². The van der Waals surface area contributed by atoms with Crippen LogP contribution in [0.1, 0.15) is 12.0 Å². The molecule has 1 aromatic carbocycles. The van der Waals surface area contributed by atoms with E-state index in [1.54, 1.807) is 0 Å². The van der Waals surface area contributed by atoms with E-state index in [2.05, 4.69) is 5.32 Å². The molecule has 0 bridgehead atoms. The van der Waals surface area contributed by atoms with E-state index >= 15 is 0 Å². The van der Waals surface area contributed by atoms with Crippen LogP contribution in [-0.2, 0) is 10.8 Å². The Morgan fingerprint density at radius 1 is 1.27 bits per heavy atom. The number of hydrogen-bond acceptors (Lipinski definition) is 2. The number of hydrogen-bond donors (Lipinski definition) is 1. The van der Waals surface area contributed by atoms with Crippen molar-refractivity contribution in [3.63, 3.8) is 0 Å². The Balaban J connectivity index is 2.21. The fourth-order valence-corrected chi connectivity index (χ4v) is 2.49. The largest absolute Gasteiger partial charge is 0.367 e. The normalized spacial score (nSPS) is 16.7. The van der Waals surface area contributed by atoms with Gasteiger partial charge in [0.25, 0.3) is 0 Å². The Morgan fingerprint density at radius 2 is 2.00 bits per heavy atom. The quantitative estimate of drug-likeness (QED) is 0.827. The van der Waals surface area contributed by atoms with Crippen molar-refractivity contribution in [2.75, 3.05) is 0 Å². The second-order valence-electron chi connectivity index (χ2n) is 3.47. The van der Waals surface area contributed by atoms with Gasteiger partial charge >= 0.3 is 0 Å². The molecule has 1 heterocycles. The summed E-state index contributed by atoms with van der Waals surface area (Å²) in [6, 6.07) is 7.81. The molecule has 3 heteroatoms. The summed E-state index contributed by atoms with van der Waals surface area (Å²) in [7, 11) is -1.03. The third kappa shape index (κ3) is 2.36. The molecule has 1 aliphatic rings. The van der Waals surface area contributed by atoms with Gasteiger partial charge in [0.1, 0.15) is 0 Å². The Bertz CT molecular complexity index is 431. The van der Waals surface area contributed by atoms with Crippen LogP contribution in [0.25, 0.3) is 0 Å².